The van der Waals surface area contributed by atoms with Gasteiger partial charge in [-0.25, -0.2) is 9.49 Å². The van der Waals surface area contributed by atoms with Crippen molar-refractivity contribution in [2.75, 3.05) is 5.32 Å². The van der Waals surface area contributed by atoms with E-state index >= 15 is 0 Å². The van der Waals surface area contributed by atoms with E-state index in [0.717, 1.165) is 0 Å². The van der Waals surface area contributed by atoms with Crippen LogP contribution in [0, 0.1) is 5.82 Å². The van der Waals surface area contributed by atoms with E-state index in [9.17, 15) is 4.39 Å². The number of hydrogen-bond acceptors (Lipinski definition) is 3. The molecule has 2 rings (SSSR count). The number of halogens is 2. The first-order valence-electron chi connectivity index (χ1n) is 3.84. The highest BCUT2D eigenvalue weighted by Crippen LogP contribution is 2.21. The van der Waals surface area contributed by atoms with Gasteiger partial charge in [0.15, 0.2) is 0 Å². The third-order valence-corrected chi connectivity index (χ3v) is 1.90. The molecular weight excluding hydrogens is 207 g/mol. The molecule has 1 aromatic heterocycles. The Kier molecular flexibility index (Phi) is 2.32. The van der Waals surface area contributed by atoms with E-state index in [1.54, 1.807) is 6.07 Å². The van der Waals surface area contributed by atoms with Gasteiger partial charge in [0.25, 0.3) is 0 Å². The molecule has 6 heteroatoms. The second-order valence-electron chi connectivity index (χ2n) is 2.62. The SMILES string of the molecule is Fc1ccc(Nc2cnn[nH]2)cc1Cl. The van der Waals surface area contributed by atoms with Crippen molar-refractivity contribution in [2.45, 2.75) is 0 Å². The van der Waals surface area contributed by atoms with Crippen molar-refractivity contribution in [1.29, 1.82) is 0 Å². The van der Waals surface area contributed by atoms with Crippen molar-refractivity contribution < 1.29 is 4.39 Å². The second kappa shape index (κ2) is 3.63. The standard InChI is InChI=1S/C8H6ClFN4/c9-6-3-5(1-2-7(6)10)12-8-4-11-14-13-8/h1-4H,(H2,11,12,13,14). The van der Waals surface area contributed by atoms with E-state index < -0.39 is 5.82 Å². The Bertz CT molecular complexity index is 429. The van der Waals surface area contributed by atoms with E-state index in [1.807, 2.05) is 0 Å². The number of nitrogens with one attached hydrogen (secondary N) is 2. The fourth-order valence-electron chi connectivity index (χ4n) is 0.988. The minimum absolute atomic E-state index is 0.0717. The molecule has 4 nitrogen and oxygen atoms in total. The maximum atomic E-state index is 12.8. The first kappa shape index (κ1) is 8.96. The number of benzene rings is 1. The van der Waals surface area contributed by atoms with E-state index in [1.165, 1.54) is 18.3 Å². The zero-order valence-corrected chi connectivity index (χ0v) is 7.72. The first-order valence-corrected chi connectivity index (χ1v) is 4.21. The molecule has 1 heterocycles. The summed E-state index contributed by atoms with van der Waals surface area (Å²) in [5.41, 5.74) is 0.669. The van der Waals surface area contributed by atoms with E-state index in [-0.39, 0.29) is 5.02 Å². The van der Waals surface area contributed by atoms with E-state index in [2.05, 4.69) is 20.7 Å². The summed E-state index contributed by atoms with van der Waals surface area (Å²) >= 11 is 5.60. The summed E-state index contributed by atoms with van der Waals surface area (Å²) in [6, 6.07) is 4.34. The molecule has 2 N–H and O–H groups in total. The molecule has 2 aromatic rings. The fraction of sp³-hybridized carbons (Fsp3) is 0. The summed E-state index contributed by atoms with van der Waals surface area (Å²) in [6.45, 7) is 0. The fourth-order valence-corrected chi connectivity index (χ4v) is 1.17. The van der Waals surface area contributed by atoms with Gasteiger partial charge in [-0.2, -0.15) is 0 Å². The lowest BCUT2D eigenvalue weighted by atomic mass is 10.3. The van der Waals surface area contributed by atoms with Crippen molar-refractivity contribution in [3.05, 3.63) is 35.2 Å². The molecule has 0 aliphatic rings. The largest absolute Gasteiger partial charge is 0.339 e. The highest BCUT2D eigenvalue weighted by molar-refractivity contribution is 6.31. The molecule has 72 valence electrons. The molecule has 14 heavy (non-hydrogen) atoms. The average Bonchev–Trinajstić information content (AvgIpc) is 2.64. The third kappa shape index (κ3) is 1.82. The number of rotatable bonds is 2. The maximum Gasteiger partial charge on any atom is 0.146 e. The molecule has 0 amide bonds. The molecule has 0 unspecified atom stereocenters. The molecule has 0 radical (unpaired) electrons. The number of hydrogen-bond donors (Lipinski definition) is 2. The number of anilines is 2. The van der Waals surface area contributed by atoms with Crippen LogP contribution in [-0.4, -0.2) is 15.4 Å². The molecule has 0 saturated heterocycles. The zero-order valence-electron chi connectivity index (χ0n) is 6.96. The Balaban J connectivity index is 2.22. The maximum absolute atomic E-state index is 12.8. The summed E-state index contributed by atoms with van der Waals surface area (Å²) in [5.74, 6) is 0.174. The summed E-state index contributed by atoms with van der Waals surface area (Å²) in [5, 5.41) is 12.7. The molecule has 0 spiro atoms. The predicted octanol–water partition coefficient (Wildman–Crippen LogP) is 2.34. The van der Waals surface area contributed by atoms with Crippen LogP contribution in [-0.2, 0) is 0 Å². The van der Waals surface area contributed by atoms with Gasteiger partial charge in [0.2, 0.25) is 0 Å². The second-order valence-corrected chi connectivity index (χ2v) is 3.03. The molecule has 1 aromatic carbocycles. The van der Waals surface area contributed by atoms with Gasteiger partial charge in [-0.3, -0.25) is 0 Å². The number of aromatic nitrogens is 3. The van der Waals surface area contributed by atoms with Crippen LogP contribution in [0.4, 0.5) is 15.9 Å². The molecule has 0 bridgehead atoms. The van der Waals surface area contributed by atoms with Crippen LogP contribution in [0.2, 0.25) is 5.02 Å². The molecular formula is C8H6ClFN4. The van der Waals surface area contributed by atoms with Crippen LogP contribution in [0.15, 0.2) is 24.4 Å². The Morgan fingerprint density at radius 3 is 2.93 bits per heavy atom. The summed E-state index contributed by atoms with van der Waals surface area (Å²) < 4.78 is 12.8. The predicted molar refractivity (Wildman–Crippen MR) is 51.1 cm³/mol. The zero-order chi connectivity index (χ0) is 9.97. The van der Waals surface area contributed by atoms with Crippen LogP contribution in [0.25, 0.3) is 0 Å². The Morgan fingerprint density at radius 1 is 1.43 bits per heavy atom. The van der Waals surface area contributed by atoms with Gasteiger partial charge in [0.05, 0.1) is 11.2 Å². The average molecular weight is 213 g/mol. The minimum atomic E-state index is -0.444. The van der Waals surface area contributed by atoms with Crippen LogP contribution in [0.1, 0.15) is 0 Å². The Labute approximate surface area is 84.1 Å². The molecule has 0 aliphatic carbocycles. The van der Waals surface area contributed by atoms with Gasteiger partial charge in [0.1, 0.15) is 11.6 Å². The van der Waals surface area contributed by atoms with Crippen molar-refractivity contribution in [2.24, 2.45) is 0 Å². The normalized spacial score (nSPS) is 10.1. The van der Waals surface area contributed by atoms with Crippen molar-refractivity contribution in [3.63, 3.8) is 0 Å². The highest BCUT2D eigenvalue weighted by atomic mass is 35.5. The van der Waals surface area contributed by atoms with E-state index in [4.69, 9.17) is 11.6 Å². The number of nitrogens with zero attached hydrogens (tertiary/aromatic N) is 2. The van der Waals surface area contributed by atoms with Gasteiger partial charge >= 0.3 is 0 Å². The van der Waals surface area contributed by atoms with Gasteiger partial charge in [-0.05, 0) is 18.2 Å². The van der Waals surface area contributed by atoms with E-state index in [0.29, 0.717) is 11.5 Å². The van der Waals surface area contributed by atoms with Gasteiger partial charge in [-0.15, -0.1) is 5.10 Å². The Hall–Kier alpha value is -1.62. The monoisotopic (exact) mass is 212 g/mol. The Morgan fingerprint density at radius 2 is 2.29 bits per heavy atom. The van der Waals surface area contributed by atoms with Crippen LogP contribution in [0.3, 0.4) is 0 Å². The van der Waals surface area contributed by atoms with Gasteiger partial charge < -0.3 is 5.32 Å². The van der Waals surface area contributed by atoms with Crippen LogP contribution >= 0.6 is 11.6 Å². The lowest BCUT2D eigenvalue weighted by Gasteiger charge is -2.02. The molecule has 0 aliphatic heterocycles. The van der Waals surface area contributed by atoms with Gasteiger partial charge in [0, 0.05) is 5.69 Å². The molecule has 0 atom stereocenters. The van der Waals surface area contributed by atoms with Crippen molar-refractivity contribution in [3.8, 4) is 0 Å². The first-order chi connectivity index (χ1) is 6.75. The smallest absolute Gasteiger partial charge is 0.146 e. The molecule has 0 fully saturated rings. The minimum Gasteiger partial charge on any atom is -0.339 e. The summed E-state index contributed by atoms with van der Waals surface area (Å²) in [6.07, 6.45) is 1.51. The van der Waals surface area contributed by atoms with Crippen molar-refractivity contribution in [1.82, 2.24) is 15.4 Å². The molecule has 0 saturated carbocycles. The topological polar surface area (TPSA) is 53.6 Å². The quantitative estimate of drug-likeness (QED) is 0.804. The number of aromatic amines is 1. The highest BCUT2D eigenvalue weighted by Gasteiger charge is 2.01. The van der Waals surface area contributed by atoms with Gasteiger partial charge in [-0.1, -0.05) is 16.8 Å². The lowest BCUT2D eigenvalue weighted by molar-refractivity contribution is 0.628. The summed E-state index contributed by atoms with van der Waals surface area (Å²) in [4.78, 5) is 0. The van der Waals surface area contributed by atoms with Crippen LogP contribution < -0.4 is 5.32 Å². The van der Waals surface area contributed by atoms with Crippen LogP contribution in [0.5, 0.6) is 0 Å². The lowest BCUT2D eigenvalue weighted by Crippen LogP contribution is -1.91. The van der Waals surface area contributed by atoms with Crippen molar-refractivity contribution >= 4 is 23.1 Å². The summed E-state index contributed by atoms with van der Waals surface area (Å²) in [7, 11) is 0. The number of H-pyrrole nitrogens is 1. The third-order valence-electron chi connectivity index (χ3n) is 1.61.